The van der Waals surface area contributed by atoms with Gasteiger partial charge >= 0.3 is 0 Å². The molecule has 2 aromatic rings. The van der Waals surface area contributed by atoms with Gasteiger partial charge in [-0.3, -0.25) is 9.59 Å². The molecule has 2 aromatic carbocycles. The van der Waals surface area contributed by atoms with E-state index in [9.17, 15) is 9.59 Å². The van der Waals surface area contributed by atoms with E-state index in [0.717, 1.165) is 16.8 Å². The number of nitrogens with zero attached hydrogens (tertiary/aromatic N) is 1. The molecule has 1 aliphatic heterocycles. The Balaban J connectivity index is 1.90. The summed E-state index contributed by atoms with van der Waals surface area (Å²) in [6, 6.07) is 11.1. The molecule has 3 rings (SSSR count). The Kier molecular flexibility index (Phi) is 3.78. The summed E-state index contributed by atoms with van der Waals surface area (Å²) in [7, 11) is 1.74. The number of amides is 2. The van der Waals surface area contributed by atoms with Crippen LogP contribution in [0, 0.1) is 13.8 Å². The minimum atomic E-state index is -0.218. The van der Waals surface area contributed by atoms with Crippen molar-refractivity contribution in [1.82, 2.24) is 0 Å². The Morgan fingerprint density at radius 3 is 2.52 bits per heavy atom. The predicted molar refractivity (Wildman–Crippen MR) is 89.2 cm³/mol. The van der Waals surface area contributed by atoms with Gasteiger partial charge in [0.2, 0.25) is 0 Å². The van der Waals surface area contributed by atoms with Crippen LogP contribution in [0.3, 0.4) is 0 Å². The quantitative estimate of drug-likeness (QED) is 0.928. The number of carbonyl (C=O) groups excluding carboxylic acids is 2. The molecule has 5 heteroatoms. The molecule has 5 nitrogen and oxygen atoms in total. The molecule has 0 radical (unpaired) electrons. The smallest absolute Gasteiger partial charge is 0.262 e. The van der Waals surface area contributed by atoms with Gasteiger partial charge in [0.1, 0.15) is 5.75 Å². The normalized spacial score (nSPS) is 12.9. The second-order valence-electron chi connectivity index (χ2n) is 5.76. The zero-order valence-electron chi connectivity index (χ0n) is 13.3. The number of carbonyl (C=O) groups is 2. The molecular formula is C18H18N2O3. The highest BCUT2D eigenvalue weighted by atomic mass is 16.5. The largest absolute Gasteiger partial charge is 0.482 e. The van der Waals surface area contributed by atoms with E-state index in [4.69, 9.17) is 4.74 Å². The molecule has 1 heterocycles. The van der Waals surface area contributed by atoms with E-state index >= 15 is 0 Å². The third-order valence-electron chi connectivity index (χ3n) is 3.76. The fraction of sp³-hybridized carbons (Fsp3) is 0.222. The highest BCUT2D eigenvalue weighted by Gasteiger charge is 2.20. The van der Waals surface area contributed by atoms with Crippen molar-refractivity contribution in [2.45, 2.75) is 13.8 Å². The summed E-state index contributed by atoms with van der Waals surface area (Å²) in [5.74, 6) is 0.220. The Morgan fingerprint density at radius 2 is 1.83 bits per heavy atom. The first-order chi connectivity index (χ1) is 10.9. The van der Waals surface area contributed by atoms with Crippen molar-refractivity contribution in [2.75, 3.05) is 23.9 Å². The number of nitrogens with one attached hydrogen (secondary N) is 1. The Morgan fingerprint density at radius 1 is 1.13 bits per heavy atom. The molecular weight excluding hydrogens is 292 g/mol. The van der Waals surface area contributed by atoms with Gasteiger partial charge in [-0.15, -0.1) is 0 Å². The van der Waals surface area contributed by atoms with Crippen LogP contribution in [0.4, 0.5) is 11.4 Å². The van der Waals surface area contributed by atoms with Crippen molar-refractivity contribution >= 4 is 23.2 Å². The molecule has 0 aliphatic carbocycles. The van der Waals surface area contributed by atoms with E-state index in [1.807, 2.05) is 26.0 Å². The zero-order chi connectivity index (χ0) is 16.6. The first-order valence-electron chi connectivity index (χ1n) is 7.37. The lowest BCUT2D eigenvalue weighted by Gasteiger charge is -2.21. The minimum absolute atomic E-state index is 0.00274. The number of fused-ring (bicyclic) bond motifs is 1. The second-order valence-corrected chi connectivity index (χ2v) is 5.76. The molecule has 0 unspecified atom stereocenters. The number of hydrogen-bond acceptors (Lipinski definition) is 3. The summed E-state index contributed by atoms with van der Waals surface area (Å²) in [6.45, 7) is 4.00. The topological polar surface area (TPSA) is 58.6 Å². The van der Waals surface area contributed by atoms with E-state index in [2.05, 4.69) is 11.4 Å². The first kappa shape index (κ1) is 15.1. The summed E-state index contributed by atoms with van der Waals surface area (Å²) in [4.78, 5) is 25.7. The third-order valence-corrected chi connectivity index (χ3v) is 3.76. The van der Waals surface area contributed by atoms with Crippen LogP contribution < -0.4 is 15.0 Å². The fourth-order valence-corrected chi connectivity index (χ4v) is 2.67. The average Bonchev–Trinajstić information content (AvgIpc) is 2.51. The number of rotatable bonds is 2. The molecule has 2 amide bonds. The standard InChI is InChI=1S/C18H18N2O3/c1-11-6-12(2)8-14(7-11)20(3)18(22)13-4-5-16-15(9-13)19-17(21)10-23-16/h4-9H,10H2,1-3H3,(H,19,21). The van der Waals surface area contributed by atoms with Crippen LogP contribution in [0.1, 0.15) is 21.5 Å². The zero-order valence-corrected chi connectivity index (χ0v) is 13.3. The maximum Gasteiger partial charge on any atom is 0.262 e. The van der Waals surface area contributed by atoms with E-state index in [1.165, 1.54) is 0 Å². The van der Waals surface area contributed by atoms with Crippen LogP contribution in [-0.2, 0) is 4.79 Å². The van der Waals surface area contributed by atoms with Crippen molar-refractivity contribution in [1.29, 1.82) is 0 Å². The van der Waals surface area contributed by atoms with Crippen LogP contribution in [-0.4, -0.2) is 25.5 Å². The van der Waals surface area contributed by atoms with Crippen molar-refractivity contribution in [3.63, 3.8) is 0 Å². The molecule has 1 N–H and O–H groups in total. The third kappa shape index (κ3) is 3.04. The molecule has 1 aliphatic rings. The number of ether oxygens (including phenoxy) is 1. The van der Waals surface area contributed by atoms with Crippen molar-refractivity contribution in [2.24, 2.45) is 0 Å². The molecule has 0 saturated heterocycles. The predicted octanol–water partition coefficient (Wildman–Crippen LogP) is 2.91. The van der Waals surface area contributed by atoms with Gasteiger partial charge in [0, 0.05) is 18.3 Å². The Bertz CT molecular complexity index is 779. The van der Waals surface area contributed by atoms with Crippen LogP contribution in [0.15, 0.2) is 36.4 Å². The summed E-state index contributed by atoms with van der Waals surface area (Å²) >= 11 is 0. The summed E-state index contributed by atoms with van der Waals surface area (Å²) < 4.78 is 5.31. The van der Waals surface area contributed by atoms with E-state index in [1.54, 1.807) is 30.1 Å². The molecule has 0 atom stereocenters. The molecule has 0 saturated carbocycles. The van der Waals surface area contributed by atoms with Gasteiger partial charge in [0.25, 0.3) is 11.8 Å². The molecule has 118 valence electrons. The van der Waals surface area contributed by atoms with Crippen molar-refractivity contribution in [3.05, 3.63) is 53.1 Å². The number of aryl methyl sites for hydroxylation is 2. The van der Waals surface area contributed by atoms with Crippen LogP contribution in [0.25, 0.3) is 0 Å². The maximum atomic E-state index is 12.7. The van der Waals surface area contributed by atoms with Crippen molar-refractivity contribution < 1.29 is 14.3 Å². The maximum absolute atomic E-state index is 12.7. The molecule has 0 fully saturated rings. The van der Waals surface area contributed by atoms with Gasteiger partial charge in [0.05, 0.1) is 5.69 Å². The van der Waals surface area contributed by atoms with Gasteiger partial charge in [-0.2, -0.15) is 0 Å². The van der Waals surface area contributed by atoms with Gasteiger partial charge in [0.15, 0.2) is 6.61 Å². The monoisotopic (exact) mass is 310 g/mol. The summed E-state index contributed by atoms with van der Waals surface area (Å²) in [6.07, 6.45) is 0. The van der Waals surface area contributed by atoms with Crippen LogP contribution in [0.5, 0.6) is 5.75 Å². The summed E-state index contributed by atoms with van der Waals surface area (Å²) in [5, 5.41) is 2.72. The minimum Gasteiger partial charge on any atom is -0.482 e. The van der Waals surface area contributed by atoms with Gasteiger partial charge in [-0.05, 0) is 55.3 Å². The number of hydrogen-bond donors (Lipinski definition) is 1. The summed E-state index contributed by atoms with van der Waals surface area (Å²) in [5.41, 5.74) is 4.07. The lowest BCUT2D eigenvalue weighted by molar-refractivity contribution is -0.118. The van der Waals surface area contributed by atoms with Gasteiger partial charge in [-0.25, -0.2) is 0 Å². The lowest BCUT2D eigenvalue weighted by atomic mass is 10.1. The van der Waals surface area contributed by atoms with Gasteiger partial charge in [-0.1, -0.05) is 6.07 Å². The Labute approximate surface area is 134 Å². The molecule has 0 aromatic heterocycles. The van der Waals surface area contributed by atoms with Crippen LogP contribution >= 0.6 is 0 Å². The van der Waals surface area contributed by atoms with Gasteiger partial charge < -0.3 is 15.0 Å². The number of benzene rings is 2. The van der Waals surface area contributed by atoms with E-state index in [0.29, 0.717) is 17.0 Å². The van der Waals surface area contributed by atoms with Crippen LogP contribution in [0.2, 0.25) is 0 Å². The number of anilines is 2. The highest BCUT2D eigenvalue weighted by molar-refractivity contribution is 6.07. The van der Waals surface area contributed by atoms with E-state index < -0.39 is 0 Å². The van der Waals surface area contributed by atoms with E-state index in [-0.39, 0.29) is 18.4 Å². The highest BCUT2D eigenvalue weighted by Crippen LogP contribution is 2.29. The van der Waals surface area contributed by atoms with Crippen molar-refractivity contribution in [3.8, 4) is 5.75 Å². The second kappa shape index (κ2) is 5.76. The SMILES string of the molecule is Cc1cc(C)cc(N(C)C(=O)c2ccc3c(c2)NC(=O)CO3)c1. The average molecular weight is 310 g/mol. The first-order valence-corrected chi connectivity index (χ1v) is 7.37. The fourth-order valence-electron chi connectivity index (χ4n) is 2.67. The Hall–Kier alpha value is -2.82. The molecule has 23 heavy (non-hydrogen) atoms. The molecule has 0 spiro atoms. The molecule has 0 bridgehead atoms. The lowest BCUT2D eigenvalue weighted by Crippen LogP contribution is -2.28.